The van der Waals surface area contributed by atoms with Gasteiger partial charge in [0.1, 0.15) is 0 Å². The number of rotatable bonds is 7. The summed E-state index contributed by atoms with van der Waals surface area (Å²) in [5, 5.41) is 8.01. The lowest BCUT2D eigenvalue weighted by atomic mass is 9.85. The highest BCUT2D eigenvalue weighted by molar-refractivity contribution is 7.22. The summed E-state index contributed by atoms with van der Waals surface area (Å²) < 4.78 is 2.43. The van der Waals surface area contributed by atoms with Crippen molar-refractivity contribution in [2.45, 2.75) is 26.2 Å². The number of benzene rings is 9. The van der Waals surface area contributed by atoms with Gasteiger partial charge in [0, 0.05) is 33.2 Å². The summed E-state index contributed by atoms with van der Waals surface area (Å²) in [6.07, 6.45) is 0. The minimum atomic E-state index is -2.94. The quantitative estimate of drug-likeness (QED) is 0.150. The minimum Gasteiger partial charge on any atom is -0.309 e. The molecule has 0 fully saturated rings. The van der Waals surface area contributed by atoms with Gasteiger partial charge in [-0.1, -0.05) is 221 Å². The zero-order valence-corrected chi connectivity index (χ0v) is 38.2. The topological polar surface area (TPSA) is 43.6 Å². The fraction of sp³-hybridized carbons (Fsp3) is 0.0656. The Morgan fingerprint density at radius 1 is 0.364 bits per heavy atom. The van der Waals surface area contributed by atoms with E-state index in [1.165, 1.54) is 70.4 Å². The number of fused-ring (bicyclic) bond motifs is 6. The van der Waals surface area contributed by atoms with Crippen molar-refractivity contribution < 1.29 is 0 Å². The third-order valence-corrected chi connectivity index (χ3v) is 18.4. The van der Waals surface area contributed by atoms with Gasteiger partial charge in [0.05, 0.1) is 11.0 Å². The van der Waals surface area contributed by atoms with Crippen LogP contribution in [0.5, 0.6) is 0 Å². The van der Waals surface area contributed by atoms with Crippen LogP contribution in [0, 0.1) is 0 Å². The molecule has 1 aliphatic heterocycles. The number of hydrogen-bond donors (Lipinski definition) is 0. The first-order valence-electron chi connectivity index (χ1n) is 22.8. The van der Waals surface area contributed by atoms with Gasteiger partial charge in [0.15, 0.2) is 25.5 Å². The Morgan fingerprint density at radius 2 is 0.848 bits per heavy atom. The molecule has 0 N–H and O–H groups in total. The molecule has 0 saturated heterocycles. The zero-order chi connectivity index (χ0) is 44.4. The van der Waals surface area contributed by atoms with E-state index in [9.17, 15) is 0 Å². The molecule has 314 valence electrons. The van der Waals surface area contributed by atoms with Gasteiger partial charge < -0.3 is 4.57 Å². The number of nitrogens with zero attached hydrogens (tertiary/aromatic N) is 4. The molecule has 12 rings (SSSR count). The van der Waals surface area contributed by atoms with Crippen molar-refractivity contribution in [1.82, 2.24) is 19.5 Å². The highest BCUT2D eigenvalue weighted by Gasteiger charge is 2.49. The standard InChI is InChI=1S/C61H46N4Si/c1-61(2,3)46-31-38-57-53(39-46)51-24-14-16-26-56(51)66(57,48-34-29-45(30-35-48)60-63-58(43-19-9-5-10-20-43)62-59(64-60)44-21-11-6-12-22-44)49-36-37-55-52(40-49)50-23-13-15-25-54(50)65(55)47-32-27-42(28-33-47)41-17-7-4-8-18-41/h4-40H,1-3H3. The highest BCUT2D eigenvalue weighted by atomic mass is 28.3. The first kappa shape index (κ1) is 39.6. The lowest BCUT2D eigenvalue weighted by Crippen LogP contribution is -2.72. The molecule has 2 aromatic heterocycles. The van der Waals surface area contributed by atoms with E-state index in [1.54, 1.807) is 0 Å². The number of aromatic nitrogens is 4. The van der Waals surface area contributed by atoms with Crippen LogP contribution >= 0.6 is 0 Å². The van der Waals surface area contributed by atoms with Crippen LogP contribution in [0.1, 0.15) is 26.3 Å². The van der Waals surface area contributed by atoms with Crippen LogP contribution in [0.15, 0.2) is 224 Å². The summed E-state index contributed by atoms with van der Waals surface area (Å²) in [5.41, 5.74) is 12.8. The average molecular weight is 863 g/mol. The summed E-state index contributed by atoms with van der Waals surface area (Å²) in [5.74, 6) is 1.96. The van der Waals surface area contributed by atoms with E-state index < -0.39 is 8.07 Å². The van der Waals surface area contributed by atoms with E-state index in [2.05, 4.69) is 213 Å². The third kappa shape index (κ3) is 6.46. The fourth-order valence-electron chi connectivity index (χ4n) is 10.3. The first-order valence-corrected chi connectivity index (χ1v) is 24.8. The van der Waals surface area contributed by atoms with Crippen LogP contribution in [0.2, 0.25) is 0 Å². The lowest BCUT2D eigenvalue weighted by molar-refractivity contribution is 0.590. The number of para-hydroxylation sites is 1. The van der Waals surface area contributed by atoms with Crippen LogP contribution in [-0.2, 0) is 5.41 Å². The van der Waals surface area contributed by atoms with Crippen LogP contribution in [-0.4, -0.2) is 27.6 Å². The van der Waals surface area contributed by atoms with Crippen molar-refractivity contribution in [2.24, 2.45) is 0 Å². The summed E-state index contributed by atoms with van der Waals surface area (Å²) in [6, 6.07) is 81.9. The first-order chi connectivity index (χ1) is 32.3. The average Bonchev–Trinajstić information content (AvgIpc) is 3.87. The Kier molecular flexibility index (Phi) is 9.37. The molecule has 3 heterocycles. The van der Waals surface area contributed by atoms with E-state index in [-0.39, 0.29) is 5.41 Å². The van der Waals surface area contributed by atoms with Crippen molar-refractivity contribution >= 4 is 50.6 Å². The molecule has 0 amide bonds. The molecule has 11 aromatic rings. The van der Waals surface area contributed by atoms with E-state index in [0.717, 1.165) is 22.4 Å². The lowest BCUT2D eigenvalue weighted by Gasteiger charge is -2.32. The van der Waals surface area contributed by atoms with Crippen molar-refractivity contribution in [1.29, 1.82) is 0 Å². The molecular weight excluding hydrogens is 817 g/mol. The Bertz CT molecular complexity index is 3540. The normalized spacial score (nSPS) is 14.3. The Hall–Kier alpha value is -7.99. The van der Waals surface area contributed by atoms with Crippen molar-refractivity contribution in [2.75, 3.05) is 0 Å². The van der Waals surface area contributed by atoms with Crippen LogP contribution < -0.4 is 20.7 Å². The molecule has 66 heavy (non-hydrogen) atoms. The van der Waals surface area contributed by atoms with E-state index in [0.29, 0.717) is 17.5 Å². The Morgan fingerprint density at radius 3 is 1.48 bits per heavy atom. The number of hydrogen-bond acceptors (Lipinski definition) is 3. The smallest absolute Gasteiger partial charge is 0.180 e. The summed E-state index contributed by atoms with van der Waals surface area (Å²) in [4.78, 5) is 15.2. The van der Waals surface area contributed by atoms with E-state index in [4.69, 9.17) is 15.0 Å². The molecular formula is C61H46N4Si. The van der Waals surface area contributed by atoms with Gasteiger partial charge in [0.25, 0.3) is 0 Å². The molecule has 0 aliphatic carbocycles. The predicted octanol–water partition coefficient (Wildman–Crippen LogP) is 12.3. The largest absolute Gasteiger partial charge is 0.309 e. The van der Waals surface area contributed by atoms with E-state index >= 15 is 0 Å². The maximum absolute atomic E-state index is 5.10. The molecule has 5 heteroatoms. The summed E-state index contributed by atoms with van der Waals surface area (Å²) >= 11 is 0. The van der Waals surface area contributed by atoms with Crippen molar-refractivity contribution in [3.05, 3.63) is 230 Å². The molecule has 1 atom stereocenters. The molecule has 1 aliphatic rings. The van der Waals surface area contributed by atoms with Gasteiger partial charge in [0.2, 0.25) is 0 Å². The van der Waals surface area contributed by atoms with Gasteiger partial charge in [-0.3, -0.25) is 0 Å². The SMILES string of the molecule is CC(C)(C)c1ccc2c(c1)-c1ccccc1[Si]2(c1ccc(-c2nc(-c3ccccc3)nc(-c3ccccc3)n2)cc1)c1ccc2c(c1)c1ccccc1n2-c1ccc(-c2ccccc2)cc1. The molecule has 0 bridgehead atoms. The van der Waals surface area contributed by atoms with Crippen molar-refractivity contribution in [3.8, 4) is 62.1 Å². The maximum atomic E-state index is 5.10. The second-order valence-corrected chi connectivity index (χ2v) is 22.2. The predicted molar refractivity (Wildman–Crippen MR) is 277 cm³/mol. The monoisotopic (exact) mass is 862 g/mol. The van der Waals surface area contributed by atoms with Gasteiger partial charge in [-0.05, 0) is 78.2 Å². The van der Waals surface area contributed by atoms with E-state index in [1.807, 2.05) is 36.4 Å². The van der Waals surface area contributed by atoms with Gasteiger partial charge in [-0.2, -0.15) is 0 Å². The minimum absolute atomic E-state index is 0.000210. The second kappa shape index (κ2) is 15.6. The van der Waals surface area contributed by atoms with Crippen LogP contribution in [0.4, 0.5) is 0 Å². The van der Waals surface area contributed by atoms with Crippen molar-refractivity contribution in [3.63, 3.8) is 0 Å². The third-order valence-electron chi connectivity index (χ3n) is 13.5. The molecule has 4 nitrogen and oxygen atoms in total. The van der Waals surface area contributed by atoms with Crippen LogP contribution in [0.3, 0.4) is 0 Å². The molecule has 0 spiro atoms. The van der Waals surface area contributed by atoms with Crippen LogP contribution in [0.25, 0.3) is 83.9 Å². The van der Waals surface area contributed by atoms with Gasteiger partial charge in [-0.15, -0.1) is 0 Å². The molecule has 0 radical (unpaired) electrons. The summed E-state index contributed by atoms with van der Waals surface area (Å²) in [7, 11) is -2.94. The van der Waals surface area contributed by atoms with Gasteiger partial charge in [-0.25, -0.2) is 15.0 Å². The molecule has 0 saturated carbocycles. The second-order valence-electron chi connectivity index (χ2n) is 18.4. The molecule has 9 aromatic carbocycles. The zero-order valence-electron chi connectivity index (χ0n) is 37.2. The Labute approximate surface area is 386 Å². The summed E-state index contributed by atoms with van der Waals surface area (Å²) in [6.45, 7) is 6.93. The molecule has 1 unspecified atom stereocenters. The highest BCUT2D eigenvalue weighted by Crippen LogP contribution is 2.36. The fourth-order valence-corrected chi connectivity index (χ4v) is 15.4. The Balaban J connectivity index is 1.07. The maximum Gasteiger partial charge on any atom is 0.180 e. The van der Waals surface area contributed by atoms with Gasteiger partial charge >= 0.3 is 0 Å².